The maximum Gasteiger partial charge on any atom is 0.276 e. The van der Waals surface area contributed by atoms with Gasteiger partial charge in [0.15, 0.2) is 5.78 Å². The zero-order valence-electron chi connectivity index (χ0n) is 16.5. The van der Waals surface area contributed by atoms with Crippen molar-refractivity contribution in [2.45, 2.75) is 46.3 Å². The van der Waals surface area contributed by atoms with Gasteiger partial charge in [-0.25, -0.2) is 0 Å². The van der Waals surface area contributed by atoms with E-state index in [-0.39, 0.29) is 24.5 Å². The van der Waals surface area contributed by atoms with Crippen LogP contribution in [0.25, 0.3) is 0 Å². The second-order valence-corrected chi connectivity index (χ2v) is 7.47. The highest BCUT2D eigenvalue weighted by atomic mass is 16.6. The van der Waals surface area contributed by atoms with Gasteiger partial charge in [-0.3, -0.25) is 14.9 Å². The molecule has 0 aromatic heterocycles. The first kappa shape index (κ1) is 19.8. The molecule has 2 N–H and O–H groups in total. The van der Waals surface area contributed by atoms with E-state index in [9.17, 15) is 14.9 Å². The molecule has 0 amide bonds. The molecule has 1 aliphatic heterocycles. The molecule has 28 heavy (non-hydrogen) atoms. The number of carbonyl (C=O) groups excluding carboxylic acids is 1. The summed E-state index contributed by atoms with van der Waals surface area (Å²) in [6, 6.07) is 7.42. The number of nitro groups is 1. The van der Waals surface area contributed by atoms with Crippen LogP contribution in [0.2, 0.25) is 0 Å². The highest BCUT2D eigenvalue weighted by molar-refractivity contribution is 6.03. The molecular formula is C21H24N2O5. The van der Waals surface area contributed by atoms with Crippen molar-refractivity contribution in [1.82, 2.24) is 0 Å². The van der Waals surface area contributed by atoms with Gasteiger partial charge in [0.05, 0.1) is 16.9 Å². The van der Waals surface area contributed by atoms with E-state index < -0.39 is 10.5 Å². The fraction of sp³-hybridized carbons (Fsp3) is 0.381. The van der Waals surface area contributed by atoms with Crippen LogP contribution in [-0.2, 0) is 6.54 Å². The number of nitrogens with two attached hydrogens (primary N) is 1. The van der Waals surface area contributed by atoms with E-state index in [4.69, 9.17) is 15.2 Å². The summed E-state index contributed by atoms with van der Waals surface area (Å²) in [6.45, 7) is 7.46. The smallest absolute Gasteiger partial charge is 0.276 e. The van der Waals surface area contributed by atoms with Crippen molar-refractivity contribution in [3.63, 3.8) is 0 Å². The van der Waals surface area contributed by atoms with Crippen LogP contribution in [0.3, 0.4) is 0 Å². The Morgan fingerprint density at radius 3 is 2.39 bits per heavy atom. The lowest BCUT2D eigenvalue weighted by atomic mass is 9.86. The van der Waals surface area contributed by atoms with Crippen LogP contribution < -0.4 is 15.2 Å². The van der Waals surface area contributed by atoms with Crippen LogP contribution in [0, 0.1) is 30.9 Å². The van der Waals surface area contributed by atoms with Gasteiger partial charge in [-0.1, -0.05) is 12.1 Å². The number of benzene rings is 2. The Hall–Kier alpha value is -2.93. The van der Waals surface area contributed by atoms with Gasteiger partial charge in [0.25, 0.3) is 5.69 Å². The Labute approximate surface area is 163 Å². The van der Waals surface area contributed by atoms with Crippen molar-refractivity contribution < 1.29 is 19.2 Å². The van der Waals surface area contributed by atoms with Gasteiger partial charge in [0, 0.05) is 23.2 Å². The third-order valence-electron chi connectivity index (χ3n) is 5.26. The van der Waals surface area contributed by atoms with Crippen molar-refractivity contribution in [2.24, 2.45) is 5.73 Å². The molecule has 7 heteroatoms. The number of nitro benzene ring substituents is 1. The maximum atomic E-state index is 12.9. The van der Waals surface area contributed by atoms with Gasteiger partial charge in [0.2, 0.25) is 0 Å². The molecule has 148 valence electrons. The zero-order valence-corrected chi connectivity index (χ0v) is 16.5. The van der Waals surface area contributed by atoms with Crippen LogP contribution in [0.4, 0.5) is 5.69 Å². The largest absolute Gasteiger partial charge is 0.489 e. The third-order valence-corrected chi connectivity index (χ3v) is 5.26. The molecule has 0 radical (unpaired) electrons. The van der Waals surface area contributed by atoms with Crippen LogP contribution in [0.1, 0.15) is 46.0 Å². The minimum atomic E-state index is -0.865. The van der Waals surface area contributed by atoms with E-state index in [0.29, 0.717) is 40.3 Å². The second-order valence-electron chi connectivity index (χ2n) is 7.47. The van der Waals surface area contributed by atoms with Crippen LogP contribution in [0.15, 0.2) is 24.3 Å². The van der Waals surface area contributed by atoms with Gasteiger partial charge < -0.3 is 15.2 Å². The first-order valence-electron chi connectivity index (χ1n) is 9.09. The monoisotopic (exact) mass is 384 g/mol. The molecule has 0 bridgehead atoms. The van der Waals surface area contributed by atoms with Crippen molar-refractivity contribution in [3.8, 4) is 11.5 Å². The standard InChI is InChI=1S/C21H24N2O5/c1-12-13(2)20-18(14(3)19(12)23(25)26)17(24)9-21(4,28-20)11-27-16-7-5-15(10-22)6-8-16/h5-8H,9-11,22H2,1-4H3. The molecule has 2 aromatic rings. The molecule has 1 atom stereocenters. The summed E-state index contributed by atoms with van der Waals surface area (Å²) in [6.07, 6.45) is 0.0847. The first-order valence-corrected chi connectivity index (χ1v) is 9.09. The molecular weight excluding hydrogens is 360 g/mol. The van der Waals surface area contributed by atoms with Crippen molar-refractivity contribution in [1.29, 1.82) is 0 Å². The molecule has 0 aliphatic carbocycles. The first-order chi connectivity index (χ1) is 13.2. The third kappa shape index (κ3) is 3.45. The predicted octanol–water partition coefficient (Wildman–Crippen LogP) is 3.78. The summed E-state index contributed by atoms with van der Waals surface area (Å²) in [4.78, 5) is 23.9. The molecule has 3 rings (SSSR count). The number of hydrogen-bond donors (Lipinski definition) is 1. The van der Waals surface area contributed by atoms with E-state index in [1.165, 1.54) is 0 Å². The Kier molecular flexibility index (Phi) is 5.12. The van der Waals surface area contributed by atoms with Crippen LogP contribution in [0.5, 0.6) is 11.5 Å². The number of fused-ring (bicyclic) bond motifs is 1. The Balaban J connectivity index is 1.90. The number of hydrogen-bond acceptors (Lipinski definition) is 6. The fourth-order valence-corrected chi connectivity index (χ4v) is 3.59. The summed E-state index contributed by atoms with van der Waals surface area (Å²) in [5.41, 5.74) is 7.50. The van der Waals surface area contributed by atoms with Crippen molar-refractivity contribution >= 4 is 11.5 Å². The van der Waals surface area contributed by atoms with E-state index >= 15 is 0 Å². The Bertz CT molecular complexity index is 953. The lowest BCUT2D eigenvalue weighted by molar-refractivity contribution is -0.386. The van der Waals surface area contributed by atoms with Crippen molar-refractivity contribution in [2.75, 3.05) is 6.61 Å². The minimum Gasteiger partial charge on any atom is -0.489 e. The summed E-state index contributed by atoms with van der Waals surface area (Å²) < 4.78 is 12.0. The zero-order chi connectivity index (χ0) is 20.6. The van der Waals surface area contributed by atoms with E-state index in [0.717, 1.165) is 5.56 Å². The summed E-state index contributed by atoms with van der Waals surface area (Å²) in [7, 11) is 0. The summed E-state index contributed by atoms with van der Waals surface area (Å²) >= 11 is 0. The molecule has 0 saturated carbocycles. The van der Waals surface area contributed by atoms with Gasteiger partial charge in [0.1, 0.15) is 23.7 Å². The number of ether oxygens (including phenoxy) is 2. The average molecular weight is 384 g/mol. The average Bonchev–Trinajstić information content (AvgIpc) is 2.64. The molecule has 1 heterocycles. The lowest BCUT2D eigenvalue weighted by Crippen LogP contribution is -2.45. The quantitative estimate of drug-likeness (QED) is 0.621. The molecule has 0 spiro atoms. The predicted molar refractivity (Wildman–Crippen MR) is 105 cm³/mol. The normalized spacial score (nSPS) is 18.4. The van der Waals surface area contributed by atoms with Crippen LogP contribution in [-0.4, -0.2) is 22.9 Å². The molecule has 2 aromatic carbocycles. The molecule has 1 unspecified atom stereocenters. The molecule has 7 nitrogen and oxygen atoms in total. The SMILES string of the molecule is Cc1c(C)c([N+](=O)[O-])c(C)c2c1OC(C)(COc1ccc(CN)cc1)CC2=O. The lowest BCUT2D eigenvalue weighted by Gasteiger charge is -2.36. The van der Waals surface area contributed by atoms with E-state index in [1.54, 1.807) is 20.8 Å². The topological polar surface area (TPSA) is 105 Å². The molecule has 1 aliphatic rings. The fourth-order valence-electron chi connectivity index (χ4n) is 3.59. The van der Waals surface area contributed by atoms with Gasteiger partial charge in [-0.05, 0) is 45.4 Å². The molecule has 0 fully saturated rings. The van der Waals surface area contributed by atoms with Gasteiger partial charge in [-0.2, -0.15) is 0 Å². The van der Waals surface area contributed by atoms with Gasteiger partial charge >= 0.3 is 0 Å². The molecule has 0 saturated heterocycles. The highest BCUT2D eigenvalue weighted by Gasteiger charge is 2.41. The number of rotatable bonds is 5. The minimum absolute atomic E-state index is 0.0203. The summed E-state index contributed by atoms with van der Waals surface area (Å²) in [5, 5.41) is 11.4. The summed E-state index contributed by atoms with van der Waals surface area (Å²) in [5.74, 6) is 0.906. The second kappa shape index (κ2) is 7.24. The number of carbonyl (C=O) groups is 1. The number of nitrogens with zero attached hydrogens (tertiary/aromatic N) is 1. The maximum absolute atomic E-state index is 12.9. The Morgan fingerprint density at radius 2 is 1.82 bits per heavy atom. The van der Waals surface area contributed by atoms with Crippen molar-refractivity contribution in [3.05, 3.63) is 62.2 Å². The Morgan fingerprint density at radius 1 is 1.18 bits per heavy atom. The van der Waals surface area contributed by atoms with Gasteiger partial charge in [-0.15, -0.1) is 0 Å². The number of ketones is 1. The van der Waals surface area contributed by atoms with Crippen LogP contribution >= 0.6 is 0 Å². The number of Topliss-reactive ketones (excluding diaryl/α,β-unsaturated/α-hetero) is 1. The van der Waals surface area contributed by atoms with E-state index in [2.05, 4.69) is 0 Å². The van der Waals surface area contributed by atoms with E-state index in [1.807, 2.05) is 31.2 Å². The highest BCUT2D eigenvalue weighted by Crippen LogP contribution is 2.43.